The van der Waals surface area contributed by atoms with E-state index in [-0.39, 0.29) is 17.5 Å². The quantitative estimate of drug-likeness (QED) is 0.620. The lowest BCUT2D eigenvalue weighted by molar-refractivity contribution is 0.0998. The van der Waals surface area contributed by atoms with Crippen molar-refractivity contribution in [3.05, 3.63) is 58.6 Å². The molecule has 1 saturated heterocycles. The summed E-state index contributed by atoms with van der Waals surface area (Å²) in [5.74, 6) is -0.428. The highest BCUT2D eigenvalue weighted by molar-refractivity contribution is 6.07. The second-order valence-corrected chi connectivity index (χ2v) is 8.76. The second kappa shape index (κ2) is 8.35. The number of rotatable bonds is 4. The molecule has 0 spiro atoms. The van der Waals surface area contributed by atoms with Gasteiger partial charge in [0, 0.05) is 35.8 Å². The summed E-state index contributed by atoms with van der Waals surface area (Å²) in [7, 11) is 4.18. The zero-order valence-electron chi connectivity index (χ0n) is 18.9. The molecule has 1 aliphatic heterocycles. The van der Waals surface area contributed by atoms with Crippen molar-refractivity contribution in [2.75, 3.05) is 37.4 Å². The minimum atomic E-state index is -0.369. The van der Waals surface area contributed by atoms with Crippen LogP contribution in [0.3, 0.4) is 0 Å². The number of halogens is 1. The van der Waals surface area contributed by atoms with Crippen LogP contribution in [0.4, 0.5) is 15.8 Å². The highest BCUT2D eigenvalue weighted by atomic mass is 19.1. The summed E-state index contributed by atoms with van der Waals surface area (Å²) in [6, 6.07) is 9.44. The third kappa shape index (κ3) is 4.04. The van der Waals surface area contributed by atoms with E-state index in [0.717, 1.165) is 53.6 Å². The van der Waals surface area contributed by atoms with Crippen molar-refractivity contribution in [2.45, 2.75) is 39.7 Å². The maximum Gasteiger partial charge on any atom is 0.291 e. The molecule has 6 heteroatoms. The van der Waals surface area contributed by atoms with Gasteiger partial charge in [0.2, 0.25) is 0 Å². The Morgan fingerprint density at radius 1 is 1.10 bits per heavy atom. The van der Waals surface area contributed by atoms with Crippen molar-refractivity contribution in [1.29, 1.82) is 0 Å². The number of anilines is 2. The Bertz CT molecular complexity index is 1130. The van der Waals surface area contributed by atoms with Crippen LogP contribution >= 0.6 is 0 Å². The van der Waals surface area contributed by atoms with E-state index < -0.39 is 0 Å². The number of fused-ring (bicyclic) bond motifs is 1. The molecule has 31 heavy (non-hydrogen) atoms. The molecule has 2 heterocycles. The predicted octanol–water partition coefficient (Wildman–Crippen LogP) is 5.28. The van der Waals surface area contributed by atoms with Crippen LogP contribution in [-0.4, -0.2) is 44.0 Å². The highest BCUT2D eigenvalue weighted by Gasteiger charge is 2.24. The molecule has 1 fully saturated rings. The number of hydrogen-bond donors (Lipinski definition) is 1. The first-order chi connectivity index (χ1) is 14.8. The molecule has 1 N–H and O–H groups in total. The van der Waals surface area contributed by atoms with Gasteiger partial charge >= 0.3 is 0 Å². The van der Waals surface area contributed by atoms with Gasteiger partial charge in [-0.15, -0.1) is 0 Å². The fraction of sp³-hybridized carbons (Fsp3) is 0.400. The summed E-state index contributed by atoms with van der Waals surface area (Å²) in [5, 5.41) is 3.76. The number of aryl methyl sites for hydroxylation is 3. The Kier molecular flexibility index (Phi) is 5.75. The van der Waals surface area contributed by atoms with E-state index in [1.807, 2.05) is 32.9 Å². The standard InChI is InChI=1S/C25H30FN3O2/c1-15-6-7-16(2)23-22(15)17(3)24(31-23)25(30)27-18-8-9-21(20(26)14-18)29-12-10-19(11-13-29)28(4)5/h6-9,14,19H,10-13H2,1-5H3,(H,27,30). The Morgan fingerprint density at radius 2 is 1.77 bits per heavy atom. The van der Waals surface area contributed by atoms with Crippen LogP contribution in [0, 0.1) is 26.6 Å². The van der Waals surface area contributed by atoms with Gasteiger partial charge in [0.1, 0.15) is 11.4 Å². The molecule has 0 atom stereocenters. The first kappa shape index (κ1) is 21.4. The Hall–Kier alpha value is -2.86. The molecule has 4 rings (SSSR count). The van der Waals surface area contributed by atoms with Gasteiger partial charge in [-0.3, -0.25) is 4.79 Å². The average molecular weight is 424 g/mol. The molecule has 3 aromatic rings. The summed E-state index contributed by atoms with van der Waals surface area (Å²) in [4.78, 5) is 17.2. The minimum Gasteiger partial charge on any atom is -0.450 e. The predicted molar refractivity (Wildman–Crippen MR) is 124 cm³/mol. The van der Waals surface area contributed by atoms with Gasteiger partial charge in [-0.25, -0.2) is 4.39 Å². The molecule has 2 aromatic carbocycles. The van der Waals surface area contributed by atoms with E-state index in [1.54, 1.807) is 12.1 Å². The zero-order chi connectivity index (χ0) is 22.3. The number of piperidine rings is 1. The summed E-state index contributed by atoms with van der Waals surface area (Å²) < 4.78 is 20.8. The second-order valence-electron chi connectivity index (χ2n) is 8.76. The molecule has 1 aromatic heterocycles. The molecule has 0 saturated carbocycles. The largest absolute Gasteiger partial charge is 0.450 e. The number of carbonyl (C=O) groups is 1. The van der Waals surface area contributed by atoms with Crippen LogP contribution in [0.25, 0.3) is 11.0 Å². The van der Waals surface area contributed by atoms with Gasteiger partial charge < -0.3 is 19.5 Å². The Morgan fingerprint density at radius 3 is 2.39 bits per heavy atom. The lowest BCUT2D eigenvalue weighted by atomic mass is 10.0. The zero-order valence-corrected chi connectivity index (χ0v) is 18.9. The number of nitrogens with one attached hydrogen (secondary N) is 1. The van der Waals surface area contributed by atoms with Crippen LogP contribution in [0.1, 0.15) is 40.1 Å². The van der Waals surface area contributed by atoms with Crippen LogP contribution in [0.2, 0.25) is 0 Å². The van der Waals surface area contributed by atoms with Gasteiger partial charge in [0.25, 0.3) is 5.91 Å². The topological polar surface area (TPSA) is 48.7 Å². The van der Waals surface area contributed by atoms with Gasteiger partial charge in [0.05, 0.1) is 5.69 Å². The van der Waals surface area contributed by atoms with Crippen LogP contribution < -0.4 is 10.2 Å². The number of benzene rings is 2. The summed E-state index contributed by atoms with van der Waals surface area (Å²) in [6.45, 7) is 7.49. The molecule has 0 bridgehead atoms. The molecule has 1 aliphatic rings. The van der Waals surface area contributed by atoms with Crippen LogP contribution in [0.15, 0.2) is 34.7 Å². The van der Waals surface area contributed by atoms with Gasteiger partial charge in [-0.2, -0.15) is 0 Å². The van der Waals surface area contributed by atoms with Gasteiger partial charge in [0.15, 0.2) is 5.76 Å². The van der Waals surface area contributed by atoms with Crippen LogP contribution in [0.5, 0.6) is 0 Å². The number of carbonyl (C=O) groups excluding carboxylic acids is 1. The smallest absolute Gasteiger partial charge is 0.291 e. The van der Waals surface area contributed by atoms with Crippen molar-refractivity contribution in [1.82, 2.24) is 4.90 Å². The SMILES string of the molecule is Cc1ccc(C)c2c(C)c(C(=O)Nc3ccc(N4CCC(N(C)C)CC4)c(F)c3)oc12. The maximum atomic E-state index is 14.9. The average Bonchev–Trinajstić information content (AvgIpc) is 3.10. The van der Waals surface area contributed by atoms with E-state index in [1.165, 1.54) is 6.07 Å². The summed E-state index contributed by atoms with van der Waals surface area (Å²) in [5.41, 5.74) is 4.58. The van der Waals surface area contributed by atoms with Crippen molar-refractivity contribution in [2.24, 2.45) is 0 Å². The van der Waals surface area contributed by atoms with E-state index in [2.05, 4.69) is 29.2 Å². The Labute approximate surface area is 182 Å². The maximum absolute atomic E-state index is 14.9. The number of nitrogens with zero attached hydrogens (tertiary/aromatic N) is 2. The fourth-order valence-corrected chi connectivity index (χ4v) is 4.54. The normalized spacial score (nSPS) is 15.1. The van der Waals surface area contributed by atoms with Crippen molar-refractivity contribution in [3.8, 4) is 0 Å². The van der Waals surface area contributed by atoms with Gasteiger partial charge in [-0.05, 0) is 77.0 Å². The van der Waals surface area contributed by atoms with E-state index in [9.17, 15) is 9.18 Å². The van der Waals surface area contributed by atoms with Crippen molar-refractivity contribution >= 4 is 28.3 Å². The first-order valence-electron chi connectivity index (χ1n) is 10.8. The van der Waals surface area contributed by atoms with E-state index in [0.29, 0.717) is 17.4 Å². The number of furan rings is 1. The fourth-order valence-electron chi connectivity index (χ4n) is 4.54. The van der Waals surface area contributed by atoms with Crippen LogP contribution in [-0.2, 0) is 0 Å². The van der Waals surface area contributed by atoms with E-state index in [4.69, 9.17) is 4.42 Å². The van der Waals surface area contributed by atoms with E-state index >= 15 is 0 Å². The molecule has 0 unspecified atom stereocenters. The molecular weight excluding hydrogens is 393 g/mol. The molecule has 5 nitrogen and oxygen atoms in total. The summed E-state index contributed by atoms with van der Waals surface area (Å²) in [6.07, 6.45) is 2.02. The number of amides is 1. The Balaban J connectivity index is 1.52. The minimum absolute atomic E-state index is 0.266. The number of hydrogen-bond acceptors (Lipinski definition) is 4. The monoisotopic (exact) mass is 423 g/mol. The summed E-state index contributed by atoms with van der Waals surface area (Å²) >= 11 is 0. The molecule has 164 valence electrons. The first-order valence-corrected chi connectivity index (χ1v) is 10.8. The molecular formula is C25H30FN3O2. The van der Waals surface area contributed by atoms with Crippen molar-refractivity contribution in [3.63, 3.8) is 0 Å². The lowest BCUT2D eigenvalue weighted by Crippen LogP contribution is -2.42. The molecule has 0 radical (unpaired) electrons. The molecule has 1 amide bonds. The molecule has 0 aliphatic carbocycles. The third-order valence-corrected chi connectivity index (χ3v) is 6.43. The lowest BCUT2D eigenvalue weighted by Gasteiger charge is -2.36. The van der Waals surface area contributed by atoms with Crippen molar-refractivity contribution < 1.29 is 13.6 Å². The third-order valence-electron chi connectivity index (χ3n) is 6.43. The van der Waals surface area contributed by atoms with Gasteiger partial charge in [-0.1, -0.05) is 12.1 Å². The highest BCUT2D eigenvalue weighted by Crippen LogP contribution is 2.32.